The monoisotopic (exact) mass is 417 g/mol. The standard InChI is InChI=1S/C17H22F3N5O2S/c1-3-4-5-6-12(2)21-15(26)11-28-16-22-23-24-25(16)13-7-9-14(10-8-13)27-17(18,19)20/h7-10,12H,3-6,11H2,1-2H3,(H,21,26). The number of hydrogen-bond donors (Lipinski definition) is 1. The molecule has 1 aromatic carbocycles. The molecular formula is C17H22F3N5O2S. The zero-order valence-electron chi connectivity index (χ0n) is 15.6. The van der Waals surface area contributed by atoms with E-state index in [1.54, 1.807) is 0 Å². The lowest BCUT2D eigenvalue weighted by molar-refractivity contribution is -0.274. The molecule has 11 heteroatoms. The van der Waals surface area contributed by atoms with Crippen molar-refractivity contribution in [3.05, 3.63) is 24.3 Å². The van der Waals surface area contributed by atoms with Crippen molar-refractivity contribution in [3.63, 3.8) is 0 Å². The van der Waals surface area contributed by atoms with Crippen LogP contribution in [-0.4, -0.2) is 44.3 Å². The highest BCUT2D eigenvalue weighted by Gasteiger charge is 2.31. The highest BCUT2D eigenvalue weighted by molar-refractivity contribution is 7.99. The lowest BCUT2D eigenvalue weighted by Crippen LogP contribution is -2.33. The zero-order valence-corrected chi connectivity index (χ0v) is 16.4. The SMILES string of the molecule is CCCCCC(C)NC(=O)CSc1nnnn1-c1ccc(OC(F)(F)F)cc1. The fraction of sp³-hybridized carbons (Fsp3) is 0.529. The van der Waals surface area contributed by atoms with Crippen LogP contribution in [0.4, 0.5) is 13.2 Å². The number of nitrogens with zero attached hydrogens (tertiary/aromatic N) is 4. The van der Waals surface area contributed by atoms with Crippen LogP contribution in [0.3, 0.4) is 0 Å². The van der Waals surface area contributed by atoms with Gasteiger partial charge in [-0.25, -0.2) is 0 Å². The highest BCUT2D eigenvalue weighted by Crippen LogP contribution is 2.25. The molecule has 28 heavy (non-hydrogen) atoms. The molecule has 1 heterocycles. The molecule has 1 N–H and O–H groups in total. The molecule has 0 aliphatic rings. The van der Waals surface area contributed by atoms with Crippen LogP contribution in [0.15, 0.2) is 29.4 Å². The third-order valence-corrected chi connectivity index (χ3v) is 4.66. The largest absolute Gasteiger partial charge is 0.573 e. The number of thioether (sulfide) groups is 1. The zero-order chi connectivity index (χ0) is 20.6. The summed E-state index contributed by atoms with van der Waals surface area (Å²) in [5, 5.41) is 14.5. The van der Waals surface area contributed by atoms with Crippen LogP contribution in [0.2, 0.25) is 0 Å². The van der Waals surface area contributed by atoms with E-state index in [2.05, 4.69) is 32.5 Å². The Bertz CT molecular complexity index is 752. The molecule has 154 valence electrons. The van der Waals surface area contributed by atoms with Gasteiger partial charge < -0.3 is 10.1 Å². The summed E-state index contributed by atoms with van der Waals surface area (Å²) in [4.78, 5) is 12.1. The molecule has 0 spiro atoms. The normalized spacial score (nSPS) is 12.6. The van der Waals surface area contributed by atoms with E-state index in [1.165, 1.54) is 28.9 Å². The van der Waals surface area contributed by atoms with Crippen molar-refractivity contribution in [2.24, 2.45) is 0 Å². The maximum absolute atomic E-state index is 12.2. The fourth-order valence-electron chi connectivity index (χ4n) is 2.44. The quantitative estimate of drug-likeness (QED) is 0.469. The van der Waals surface area contributed by atoms with E-state index in [4.69, 9.17) is 0 Å². The molecule has 0 saturated carbocycles. The summed E-state index contributed by atoms with van der Waals surface area (Å²) in [7, 11) is 0. The minimum Gasteiger partial charge on any atom is -0.406 e. The predicted octanol–water partition coefficient (Wildman–Crippen LogP) is 3.74. The summed E-state index contributed by atoms with van der Waals surface area (Å²) < 4.78 is 41.9. The van der Waals surface area contributed by atoms with Gasteiger partial charge in [0.15, 0.2) is 0 Å². The molecule has 0 radical (unpaired) electrons. The van der Waals surface area contributed by atoms with Crippen molar-refractivity contribution in [3.8, 4) is 11.4 Å². The molecule has 0 bridgehead atoms. The Balaban J connectivity index is 1.90. The number of ether oxygens (including phenoxy) is 1. The topological polar surface area (TPSA) is 81.9 Å². The second kappa shape index (κ2) is 10.3. The van der Waals surface area contributed by atoms with Crippen LogP contribution in [-0.2, 0) is 4.79 Å². The molecule has 2 rings (SSSR count). The molecule has 0 saturated heterocycles. The number of aromatic nitrogens is 4. The van der Waals surface area contributed by atoms with Gasteiger partial charge >= 0.3 is 6.36 Å². The second-order valence-corrected chi connectivity index (χ2v) is 7.11. The van der Waals surface area contributed by atoms with Gasteiger partial charge in [-0.3, -0.25) is 4.79 Å². The molecule has 1 aromatic heterocycles. The van der Waals surface area contributed by atoms with Crippen LogP contribution < -0.4 is 10.1 Å². The summed E-state index contributed by atoms with van der Waals surface area (Å²) in [5.41, 5.74) is 0.454. The number of carbonyl (C=O) groups excluding carboxylic acids is 1. The molecule has 0 aliphatic carbocycles. The van der Waals surface area contributed by atoms with Crippen molar-refractivity contribution in [1.29, 1.82) is 0 Å². The van der Waals surface area contributed by atoms with E-state index in [0.717, 1.165) is 37.4 Å². The summed E-state index contributed by atoms with van der Waals surface area (Å²) in [6.07, 6.45) is -0.497. The van der Waals surface area contributed by atoms with Crippen LogP contribution in [0, 0.1) is 0 Å². The Labute approximate surface area is 165 Å². The Kier molecular flexibility index (Phi) is 8.09. The van der Waals surface area contributed by atoms with Gasteiger partial charge in [-0.05, 0) is 48.0 Å². The van der Waals surface area contributed by atoms with Crippen LogP contribution >= 0.6 is 11.8 Å². The van der Waals surface area contributed by atoms with Gasteiger partial charge in [-0.1, -0.05) is 37.9 Å². The summed E-state index contributed by atoms with van der Waals surface area (Å²) >= 11 is 1.14. The number of halogens is 3. The second-order valence-electron chi connectivity index (χ2n) is 6.17. The van der Waals surface area contributed by atoms with Crippen molar-refractivity contribution in [2.75, 3.05) is 5.75 Å². The van der Waals surface area contributed by atoms with Crippen LogP contribution in [0.1, 0.15) is 39.5 Å². The molecular weight excluding hydrogens is 395 g/mol. The minimum absolute atomic E-state index is 0.0943. The van der Waals surface area contributed by atoms with E-state index >= 15 is 0 Å². The Morgan fingerprint density at radius 3 is 2.64 bits per heavy atom. The smallest absolute Gasteiger partial charge is 0.406 e. The number of carbonyl (C=O) groups is 1. The van der Waals surface area contributed by atoms with Crippen LogP contribution in [0.25, 0.3) is 5.69 Å². The molecule has 0 aliphatic heterocycles. The number of benzene rings is 1. The van der Waals surface area contributed by atoms with Gasteiger partial charge in [0.05, 0.1) is 11.4 Å². The van der Waals surface area contributed by atoms with Crippen molar-refractivity contribution in [2.45, 2.75) is 57.1 Å². The Morgan fingerprint density at radius 2 is 2.00 bits per heavy atom. The molecule has 2 aromatic rings. The maximum Gasteiger partial charge on any atom is 0.573 e. The van der Waals surface area contributed by atoms with Crippen molar-refractivity contribution < 1.29 is 22.7 Å². The van der Waals surface area contributed by atoms with Crippen molar-refractivity contribution >= 4 is 17.7 Å². The van der Waals surface area contributed by atoms with Crippen LogP contribution in [0.5, 0.6) is 5.75 Å². The van der Waals surface area contributed by atoms with E-state index in [-0.39, 0.29) is 23.5 Å². The molecule has 1 atom stereocenters. The highest BCUT2D eigenvalue weighted by atomic mass is 32.2. The minimum atomic E-state index is -4.75. The lowest BCUT2D eigenvalue weighted by Gasteiger charge is -2.13. The maximum atomic E-state index is 12.2. The van der Waals surface area contributed by atoms with Gasteiger partial charge in [0.25, 0.3) is 0 Å². The fourth-order valence-corrected chi connectivity index (χ4v) is 3.14. The van der Waals surface area contributed by atoms with E-state index in [9.17, 15) is 18.0 Å². The molecule has 1 unspecified atom stereocenters. The summed E-state index contributed by atoms with van der Waals surface area (Å²) in [6.45, 7) is 4.09. The molecule has 0 fully saturated rings. The third kappa shape index (κ3) is 7.37. The number of hydrogen-bond acceptors (Lipinski definition) is 6. The first-order valence-electron chi connectivity index (χ1n) is 8.85. The first kappa shape index (κ1) is 22.0. The Morgan fingerprint density at radius 1 is 1.29 bits per heavy atom. The summed E-state index contributed by atoms with van der Waals surface area (Å²) in [6, 6.07) is 5.24. The van der Waals surface area contributed by atoms with Gasteiger partial charge in [-0.2, -0.15) is 4.68 Å². The number of rotatable bonds is 10. The molecule has 7 nitrogen and oxygen atoms in total. The third-order valence-electron chi connectivity index (χ3n) is 3.74. The number of tetrazole rings is 1. The van der Waals surface area contributed by atoms with Crippen molar-refractivity contribution in [1.82, 2.24) is 25.5 Å². The number of unbranched alkanes of at least 4 members (excludes halogenated alkanes) is 2. The van der Waals surface area contributed by atoms with E-state index in [1.807, 2.05) is 6.92 Å². The number of amides is 1. The number of alkyl halides is 3. The molecule has 1 amide bonds. The van der Waals surface area contributed by atoms with Gasteiger partial charge in [0.1, 0.15) is 5.75 Å². The average molecular weight is 417 g/mol. The lowest BCUT2D eigenvalue weighted by atomic mass is 10.1. The van der Waals surface area contributed by atoms with E-state index in [0.29, 0.717) is 10.8 Å². The number of nitrogens with one attached hydrogen (secondary N) is 1. The first-order valence-corrected chi connectivity index (χ1v) is 9.83. The Hall–Kier alpha value is -2.30. The van der Waals surface area contributed by atoms with Gasteiger partial charge in [0, 0.05) is 6.04 Å². The first-order chi connectivity index (χ1) is 13.3. The van der Waals surface area contributed by atoms with E-state index < -0.39 is 6.36 Å². The van der Waals surface area contributed by atoms with Gasteiger partial charge in [-0.15, -0.1) is 18.3 Å². The predicted molar refractivity (Wildman–Crippen MR) is 98.3 cm³/mol. The average Bonchev–Trinajstić information content (AvgIpc) is 3.08. The van der Waals surface area contributed by atoms with Gasteiger partial charge in [0.2, 0.25) is 11.1 Å². The summed E-state index contributed by atoms with van der Waals surface area (Å²) in [5.74, 6) is -0.333.